The van der Waals surface area contributed by atoms with Crippen molar-refractivity contribution >= 4 is 23.3 Å². The van der Waals surface area contributed by atoms with E-state index in [9.17, 15) is 0 Å². The molecule has 0 saturated carbocycles. The molecular weight excluding hydrogens is 268 g/mol. The number of nitrogens with two attached hydrogens (primary N) is 1. The fraction of sp³-hybridized carbons (Fsp3) is 0.333. The summed E-state index contributed by atoms with van der Waals surface area (Å²) in [7, 11) is 0. The zero-order chi connectivity index (χ0) is 13.9. The van der Waals surface area contributed by atoms with E-state index in [1.165, 1.54) is 18.4 Å². The zero-order valence-corrected chi connectivity index (χ0v) is 12.4. The van der Waals surface area contributed by atoms with Crippen LogP contribution in [0, 0.1) is 6.92 Å². The van der Waals surface area contributed by atoms with Gasteiger partial charge in [0.1, 0.15) is 17.0 Å². The zero-order valence-electron chi connectivity index (χ0n) is 11.5. The van der Waals surface area contributed by atoms with Crippen LogP contribution in [0.3, 0.4) is 0 Å². The number of nitrogen functional groups attached to an aromatic ring is 1. The van der Waals surface area contributed by atoms with Gasteiger partial charge in [0.25, 0.3) is 0 Å². The lowest BCUT2D eigenvalue weighted by atomic mass is 10.2. The lowest BCUT2D eigenvalue weighted by Crippen LogP contribution is -2.21. The van der Waals surface area contributed by atoms with E-state index in [4.69, 9.17) is 5.73 Å². The van der Waals surface area contributed by atoms with Crippen LogP contribution in [0.2, 0.25) is 0 Å². The Morgan fingerprint density at radius 1 is 1.10 bits per heavy atom. The molecule has 2 heterocycles. The summed E-state index contributed by atoms with van der Waals surface area (Å²) in [4.78, 5) is 12.1. The fourth-order valence-corrected chi connectivity index (χ4v) is 3.15. The summed E-state index contributed by atoms with van der Waals surface area (Å²) in [6.45, 7) is 4.16. The SMILES string of the molecule is Cc1ccc(Sc2ncnc(N3CCCC3)c2N)cc1. The third kappa shape index (κ3) is 2.72. The van der Waals surface area contributed by atoms with Gasteiger partial charge in [-0.15, -0.1) is 0 Å². The highest BCUT2D eigenvalue weighted by atomic mass is 32.2. The Hall–Kier alpha value is -1.75. The van der Waals surface area contributed by atoms with Crippen molar-refractivity contribution in [3.05, 3.63) is 36.2 Å². The van der Waals surface area contributed by atoms with Crippen molar-refractivity contribution in [2.24, 2.45) is 0 Å². The first-order chi connectivity index (χ1) is 9.74. The average molecular weight is 286 g/mol. The maximum Gasteiger partial charge on any atom is 0.156 e. The second-order valence-corrected chi connectivity index (χ2v) is 6.09. The van der Waals surface area contributed by atoms with Gasteiger partial charge in [0.2, 0.25) is 0 Å². The van der Waals surface area contributed by atoms with Gasteiger partial charge in [-0.3, -0.25) is 0 Å². The summed E-state index contributed by atoms with van der Waals surface area (Å²) in [5.41, 5.74) is 8.20. The second-order valence-electron chi connectivity index (χ2n) is 5.03. The van der Waals surface area contributed by atoms with Gasteiger partial charge in [-0.25, -0.2) is 9.97 Å². The van der Waals surface area contributed by atoms with E-state index in [-0.39, 0.29) is 0 Å². The number of aryl methyl sites for hydroxylation is 1. The van der Waals surface area contributed by atoms with E-state index in [1.54, 1.807) is 18.1 Å². The monoisotopic (exact) mass is 286 g/mol. The Bertz CT molecular complexity index is 591. The molecule has 1 aliphatic heterocycles. The third-order valence-corrected chi connectivity index (χ3v) is 4.49. The molecule has 2 aromatic rings. The molecule has 1 saturated heterocycles. The molecular formula is C15H18N4S. The third-order valence-electron chi connectivity index (χ3n) is 3.47. The molecule has 1 aliphatic rings. The van der Waals surface area contributed by atoms with E-state index in [1.807, 2.05) is 0 Å². The van der Waals surface area contributed by atoms with Gasteiger partial charge in [-0.05, 0) is 31.9 Å². The van der Waals surface area contributed by atoms with E-state index in [0.29, 0.717) is 5.69 Å². The van der Waals surface area contributed by atoms with Crippen molar-refractivity contribution in [2.75, 3.05) is 23.7 Å². The highest BCUT2D eigenvalue weighted by Crippen LogP contribution is 2.35. The van der Waals surface area contributed by atoms with Crippen molar-refractivity contribution < 1.29 is 0 Å². The quantitative estimate of drug-likeness (QED) is 0.879. The molecule has 20 heavy (non-hydrogen) atoms. The number of rotatable bonds is 3. The van der Waals surface area contributed by atoms with Crippen LogP contribution in [0.5, 0.6) is 0 Å². The first-order valence-electron chi connectivity index (χ1n) is 6.84. The first-order valence-corrected chi connectivity index (χ1v) is 7.65. The Kier molecular flexibility index (Phi) is 3.78. The molecule has 0 unspecified atom stereocenters. The number of nitrogens with zero attached hydrogens (tertiary/aromatic N) is 3. The normalized spacial score (nSPS) is 14.8. The molecule has 1 fully saturated rings. The number of benzene rings is 1. The highest BCUT2D eigenvalue weighted by molar-refractivity contribution is 7.99. The molecule has 0 spiro atoms. The molecule has 4 nitrogen and oxygen atoms in total. The predicted octanol–water partition coefficient (Wildman–Crippen LogP) is 3.12. The molecule has 0 radical (unpaired) electrons. The van der Waals surface area contributed by atoms with E-state index < -0.39 is 0 Å². The summed E-state index contributed by atoms with van der Waals surface area (Å²) in [6.07, 6.45) is 4.04. The van der Waals surface area contributed by atoms with Crippen LogP contribution in [0.1, 0.15) is 18.4 Å². The Morgan fingerprint density at radius 3 is 2.50 bits per heavy atom. The van der Waals surface area contributed by atoms with Gasteiger partial charge in [0.05, 0.1) is 0 Å². The van der Waals surface area contributed by atoms with Crippen LogP contribution >= 0.6 is 11.8 Å². The fourth-order valence-electron chi connectivity index (χ4n) is 2.35. The van der Waals surface area contributed by atoms with Crippen LogP contribution in [0.15, 0.2) is 40.5 Å². The number of hydrogen-bond acceptors (Lipinski definition) is 5. The molecule has 1 aromatic heterocycles. The lowest BCUT2D eigenvalue weighted by molar-refractivity contribution is 0.913. The van der Waals surface area contributed by atoms with Crippen molar-refractivity contribution in [2.45, 2.75) is 29.7 Å². The Balaban J connectivity index is 1.86. The summed E-state index contributed by atoms with van der Waals surface area (Å²) in [5.74, 6) is 0.882. The van der Waals surface area contributed by atoms with Crippen LogP contribution in [0.25, 0.3) is 0 Å². The summed E-state index contributed by atoms with van der Waals surface area (Å²) < 4.78 is 0. The van der Waals surface area contributed by atoms with Gasteiger partial charge in [0.15, 0.2) is 5.82 Å². The lowest BCUT2D eigenvalue weighted by Gasteiger charge is -2.19. The maximum absolute atomic E-state index is 6.25. The molecule has 104 valence electrons. The first kappa shape index (κ1) is 13.2. The number of anilines is 2. The van der Waals surface area contributed by atoms with E-state index in [0.717, 1.165) is 28.8 Å². The van der Waals surface area contributed by atoms with Gasteiger partial charge < -0.3 is 10.6 Å². The minimum atomic E-state index is 0.694. The molecule has 1 aromatic carbocycles. The molecule has 0 atom stereocenters. The van der Waals surface area contributed by atoms with Crippen LogP contribution in [-0.4, -0.2) is 23.1 Å². The minimum Gasteiger partial charge on any atom is -0.394 e. The highest BCUT2D eigenvalue weighted by Gasteiger charge is 2.18. The molecule has 0 bridgehead atoms. The standard InChI is InChI=1S/C15H18N4S/c1-11-4-6-12(7-5-11)20-15-13(16)14(17-10-18-15)19-8-2-3-9-19/h4-7,10H,2-3,8-9,16H2,1H3. The topological polar surface area (TPSA) is 55.0 Å². The summed E-state index contributed by atoms with van der Waals surface area (Å²) in [5, 5.41) is 0.839. The molecule has 0 aliphatic carbocycles. The van der Waals surface area contributed by atoms with Gasteiger partial charge in [-0.2, -0.15) is 0 Å². The van der Waals surface area contributed by atoms with Gasteiger partial charge >= 0.3 is 0 Å². The van der Waals surface area contributed by atoms with E-state index >= 15 is 0 Å². The van der Waals surface area contributed by atoms with Gasteiger partial charge in [0, 0.05) is 18.0 Å². The van der Waals surface area contributed by atoms with Crippen LogP contribution < -0.4 is 10.6 Å². The average Bonchev–Trinajstić information content (AvgIpc) is 2.97. The van der Waals surface area contributed by atoms with Crippen LogP contribution in [0.4, 0.5) is 11.5 Å². The molecule has 2 N–H and O–H groups in total. The summed E-state index contributed by atoms with van der Waals surface area (Å²) in [6, 6.07) is 8.39. The van der Waals surface area contributed by atoms with Crippen LogP contribution in [-0.2, 0) is 0 Å². The van der Waals surface area contributed by atoms with Crippen molar-refractivity contribution in [3.63, 3.8) is 0 Å². The molecule has 0 amide bonds. The van der Waals surface area contributed by atoms with E-state index in [2.05, 4.69) is 46.1 Å². The second kappa shape index (κ2) is 5.71. The number of aromatic nitrogens is 2. The van der Waals surface area contributed by atoms with Gasteiger partial charge in [-0.1, -0.05) is 29.5 Å². The minimum absolute atomic E-state index is 0.694. The Morgan fingerprint density at radius 2 is 1.80 bits per heavy atom. The number of hydrogen-bond donors (Lipinski definition) is 1. The summed E-state index contributed by atoms with van der Waals surface area (Å²) >= 11 is 1.59. The molecule has 3 rings (SSSR count). The predicted molar refractivity (Wildman–Crippen MR) is 83.2 cm³/mol. The largest absolute Gasteiger partial charge is 0.394 e. The van der Waals surface area contributed by atoms with Crippen molar-refractivity contribution in [1.82, 2.24) is 9.97 Å². The maximum atomic E-state index is 6.25. The van der Waals surface area contributed by atoms with Crippen molar-refractivity contribution in [3.8, 4) is 0 Å². The molecule has 5 heteroatoms. The van der Waals surface area contributed by atoms with Crippen molar-refractivity contribution in [1.29, 1.82) is 0 Å². The smallest absolute Gasteiger partial charge is 0.156 e. The Labute approximate surface area is 123 Å².